The molecule has 2 atom stereocenters. The predicted molar refractivity (Wildman–Crippen MR) is 72.8 cm³/mol. The molecule has 0 saturated carbocycles. The van der Waals surface area contributed by atoms with E-state index in [-0.39, 0.29) is 5.91 Å². The van der Waals surface area contributed by atoms with E-state index in [4.69, 9.17) is 10.8 Å². The van der Waals surface area contributed by atoms with Gasteiger partial charge in [0.15, 0.2) is 0 Å². The molecule has 1 aliphatic rings. The fourth-order valence-corrected chi connectivity index (χ4v) is 2.27. The minimum Gasteiger partial charge on any atom is -0.480 e. The lowest BCUT2D eigenvalue weighted by Crippen LogP contribution is -2.55. The smallest absolute Gasteiger partial charge is 0.320 e. The number of piperazine rings is 1. The molecule has 1 saturated heterocycles. The molecule has 0 radical (unpaired) electrons. The van der Waals surface area contributed by atoms with Gasteiger partial charge in [0.25, 0.3) is 0 Å². The van der Waals surface area contributed by atoms with Crippen LogP contribution >= 0.6 is 0 Å². The topological polar surface area (TPSA) is 86.9 Å². The average Bonchev–Trinajstić information content (AvgIpc) is 2.43. The molecule has 1 heterocycles. The second-order valence-corrected chi connectivity index (χ2v) is 5.12. The van der Waals surface area contributed by atoms with Gasteiger partial charge in [-0.15, -0.1) is 0 Å². The summed E-state index contributed by atoms with van der Waals surface area (Å²) in [6, 6.07) is -0.908. The van der Waals surface area contributed by atoms with Crippen LogP contribution in [0.4, 0.5) is 0 Å². The standard InChI is InChI=1S/C13H25N3O3/c1-3-4-5-11(14)12(17)16-8-6-15(7-9-16)10(2)13(18)19/h10-11H,3-9,14H2,1-2H3,(H,18,19)/t10?,11-/m0/s1. The molecule has 0 bridgehead atoms. The normalized spacial score (nSPS) is 20.1. The second-order valence-electron chi connectivity index (χ2n) is 5.12. The van der Waals surface area contributed by atoms with Crippen LogP contribution in [-0.2, 0) is 9.59 Å². The van der Waals surface area contributed by atoms with E-state index in [0.717, 1.165) is 19.3 Å². The minimum atomic E-state index is -0.820. The Bertz CT molecular complexity index is 314. The van der Waals surface area contributed by atoms with E-state index in [2.05, 4.69) is 6.92 Å². The number of carboxylic acids is 1. The van der Waals surface area contributed by atoms with Crippen LogP contribution in [-0.4, -0.2) is 65.0 Å². The fraction of sp³-hybridized carbons (Fsp3) is 0.846. The molecule has 110 valence electrons. The Morgan fingerprint density at radius 3 is 2.32 bits per heavy atom. The third-order valence-corrected chi connectivity index (χ3v) is 3.72. The lowest BCUT2D eigenvalue weighted by molar-refractivity contribution is -0.144. The Morgan fingerprint density at radius 2 is 1.84 bits per heavy atom. The van der Waals surface area contributed by atoms with Gasteiger partial charge >= 0.3 is 5.97 Å². The molecule has 3 N–H and O–H groups in total. The van der Waals surface area contributed by atoms with Crippen molar-refractivity contribution in [2.45, 2.75) is 45.2 Å². The number of carbonyl (C=O) groups excluding carboxylic acids is 1. The number of amides is 1. The SMILES string of the molecule is CCCC[C@H](N)C(=O)N1CCN(C(C)C(=O)O)CC1. The van der Waals surface area contributed by atoms with Crippen molar-refractivity contribution in [2.75, 3.05) is 26.2 Å². The van der Waals surface area contributed by atoms with Crippen molar-refractivity contribution >= 4 is 11.9 Å². The van der Waals surface area contributed by atoms with Crippen molar-refractivity contribution in [1.82, 2.24) is 9.80 Å². The molecule has 0 aliphatic carbocycles. The summed E-state index contributed by atoms with van der Waals surface area (Å²) in [4.78, 5) is 26.6. The van der Waals surface area contributed by atoms with Crippen LogP contribution in [0.5, 0.6) is 0 Å². The van der Waals surface area contributed by atoms with E-state index in [0.29, 0.717) is 26.2 Å². The summed E-state index contributed by atoms with van der Waals surface area (Å²) in [5.41, 5.74) is 5.88. The number of unbranched alkanes of at least 4 members (excludes halogenated alkanes) is 1. The number of nitrogens with zero attached hydrogens (tertiary/aromatic N) is 2. The Labute approximate surface area is 114 Å². The lowest BCUT2D eigenvalue weighted by atomic mass is 10.1. The quantitative estimate of drug-likeness (QED) is 0.716. The number of hydrogen-bond donors (Lipinski definition) is 2. The first kappa shape index (κ1) is 15.9. The molecule has 0 aromatic carbocycles. The van der Waals surface area contributed by atoms with Crippen molar-refractivity contribution in [3.8, 4) is 0 Å². The first-order valence-electron chi connectivity index (χ1n) is 6.98. The second kappa shape index (κ2) is 7.45. The summed E-state index contributed by atoms with van der Waals surface area (Å²) < 4.78 is 0. The van der Waals surface area contributed by atoms with Gasteiger partial charge in [-0.05, 0) is 13.3 Å². The first-order valence-corrected chi connectivity index (χ1v) is 6.98. The minimum absolute atomic E-state index is 0.00363. The number of aliphatic carboxylic acids is 1. The third-order valence-electron chi connectivity index (χ3n) is 3.72. The van der Waals surface area contributed by atoms with Crippen LogP contribution in [0.3, 0.4) is 0 Å². The highest BCUT2D eigenvalue weighted by Gasteiger charge is 2.28. The van der Waals surface area contributed by atoms with Gasteiger partial charge in [0, 0.05) is 26.2 Å². The van der Waals surface area contributed by atoms with Gasteiger partial charge in [0.2, 0.25) is 5.91 Å². The van der Waals surface area contributed by atoms with E-state index in [1.54, 1.807) is 11.8 Å². The summed E-state index contributed by atoms with van der Waals surface area (Å²) in [6.45, 7) is 6.07. The molecular weight excluding hydrogens is 246 g/mol. The van der Waals surface area contributed by atoms with Crippen molar-refractivity contribution in [2.24, 2.45) is 5.73 Å². The van der Waals surface area contributed by atoms with E-state index >= 15 is 0 Å². The van der Waals surface area contributed by atoms with Gasteiger partial charge in [0.05, 0.1) is 6.04 Å². The number of carbonyl (C=O) groups is 2. The summed E-state index contributed by atoms with van der Waals surface area (Å²) >= 11 is 0. The van der Waals surface area contributed by atoms with E-state index < -0.39 is 18.1 Å². The van der Waals surface area contributed by atoms with E-state index in [1.807, 2.05) is 4.90 Å². The Kier molecular flexibility index (Phi) is 6.24. The van der Waals surface area contributed by atoms with Crippen LogP contribution in [0.25, 0.3) is 0 Å². The summed E-state index contributed by atoms with van der Waals surface area (Å²) in [5.74, 6) is -0.824. The third kappa shape index (κ3) is 4.47. The zero-order valence-corrected chi connectivity index (χ0v) is 11.8. The van der Waals surface area contributed by atoms with Crippen LogP contribution in [0.1, 0.15) is 33.1 Å². The average molecular weight is 271 g/mol. The van der Waals surface area contributed by atoms with E-state index in [1.165, 1.54) is 0 Å². The van der Waals surface area contributed by atoms with Crippen LogP contribution in [0, 0.1) is 0 Å². The van der Waals surface area contributed by atoms with Crippen LogP contribution in [0.2, 0.25) is 0 Å². The first-order chi connectivity index (χ1) is 8.97. The molecule has 1 unspecified atom stereocenters. The monoisotopic (exact) mass is 271 g/mol. The number of rotatable bonds is 6. The predicted octanol–water partition coefficient (Wildman–Crippen LogP) is 0.121. The Hall–Kier alpha value is -1.14. The van der Waals surface area contributed by atoms with E-state index in [9.17, 15) is 9.59 Å². The van der Waals surface area contributed by atoms with Crippen LogP contribution in [0.15, 0.2) is 0 Å². The van der Waals surface area contributed by atoms with Gasteiger partial charge < -0.3 is 15.7 Å². The van der Waals surface area contributed by atoms with Gasteiger partial charge in [-0.2, -0.15) is 0 Å². The Morgan fingerprint density at radius 1 is 1.26 bits per heavy atom. The van der Waals surface area contributed by atoms with Crippen molar-refractivity contribution in [3.63, 3.8) is 0 Å². The summed E-state index contributed by atoms with van der Waals surface area (Å²) in [6.07, 6.45) is 2.72. The summed E-state index contributed by atoms with van der Waals surface area (Å²) in [5, 5.41) is 8.95. The number of nitrogens with two attached hydrogens (primary N) is 1. The molecule has 0 aromatic rings. The maximum absolute atomic E-state index is 12.1. The van der Waals surface area contributed by atoms with Gasteiger partial charge in [-0.3, -0.25) is 14.5 Å². The molecule has 6 nitrogen and oxygen atoms in total. The zero-order valence-electron chi connectivity index (χ0n) is 11.8. The Balaban J connectivity index is 2.40. The highest BCUT2D eigenvalue weighted by molar-refractivity contribution is 5.81. The molecule has 6 heteroatoms. The molecule has 1 amide bonds. The molecular formula is C13H25N3O3. The number of hydrogen-bond acceptors (Lipinski definition) is 4. The molecule has 1 aliphatic heterocycles. The van der Waals surface area contributed by atoms with Crippen molar-refractivity contribution in [3.05, 3.63) is 0 Å². The molecule has 1 fully saturated rings. The highest BCUT2D eigenvalue weighted by Crippen LogP contribution is 2.09. The molecule has 0 spiro atoms. The van der Waals surface area contributed by atoms with Crippen molar-refractivity contribution < 1.29 is 14.7 Å². The largest absolute Gasteiger partial charge is 0.480 e. The molecule has 19 heavy (non-hydrogen) atoms. The highest BCUT2D eigenvalue weighted by atomic mass is 16.4. The van der Waals surface area contributed by atoms with Gasteiger partial charge in [-0.25, -0.2) is 0 Å². The maximum atomic E-state index is 12.1. The van der Waals surface area contributed by atoms with Crippen LogP contribution < -0.4 is 5.73 Å². The zero-order chi connectivity index (χ0) is 14.4. The van der Waals surface area contributed by atoms with Crippen molar-refractivity contribution in [1.29, 1.82) is 0 Å². The number of carboxylic acid groups (broad SMARTS) is 1. The van der Waals surface area contributed by atoms with Gasteiger partial charge in [0.1, 0.15) is 6.04 Å². The molecule has 1 rings (SSSR count). The van der Waals surface area contributed by atoms with Gasteiger partial charge in [-0.1, -0.05) is 19.8 Å². The lowest BCUT2D eigenvalue weighted by Gasteiger charge is -2.37. The summed E-state index contributed by atoms with van der Waals surface area (Å²) in [7, 11) is 0. The fourth-order valence-electron chi connectivity index (χ4n) is 2.27. The molecule has 0 aromatic heterocycles. The maximum Gasteiger partial charge on any atom is 0.320 e.